The average Bonchev–Trinajstić information content (AvgIpc) is 3.40. The van der Waals surface area contributed by atoms with E-state index in [1.54, 1.807) is 24.3 Å². The SMILES string of the molecule is COC(=O)c1ccc(C(=C\C2=[N+](C)c3ccccc3C2(C)C)/C=C2\N(CCCCCC(=O)NN)c3ccc(S(=O)(=O)O)cc3C2(C)C)cc1. The van der Waals surface area contributed by atoms with Crippen molar-refractivity contribution in [2.24, 2.45) is 5.84 Å². The number of anilines is 1. The highest BCUT2D eigenvalue weighted by atomic mass is 32.2. The predicted molar refractivity (Wildman–Crippen MR) is 192 cm³/mol. The van der Waals surface area contributed by atoms with Crippen molar-refractivity contribution < 1.29 is 31.9 Å². The van der Waals surface area contributed by atoms with Crippen LogP contribution in [0.25, 0.3) is 5.57 Å². The molecule has 0 radical (unpaired) electrons. The number of carbonyl (C=O) groups is 2. The van der Waals surface area contributed by atoms with Crippen molar-refractivity contribution in [2.45, 2.75) is 69.1 Å². The first kappa shape index (κ1) is 35.7. The number of hydrazine groups is 1. The second kappa shape index (κ2) is 13.7. The number of benzene rings is 3. The lowest BCUT2D eigenvalue weighted by atomic mass is 9.79. The Morgan fingerprint density at radius 3 is 2.24 bits per heavy atom. The van der Waals surface area contributed by atoms with Crippen molar-refractivity contribution in [1.82, 2.24) is 5.43 Å². The lowest BCUT2D eigenvalue weighted by Crippen LogP contribution is -2.29. The zero-order valence-corrected chi connectivity index (χ0v) is 29.7. The van der Waals surface area contributed by atoms with Crippen LogP contribution in [0.2, 0.25) is 0 Å². The second-order valence-corrected chi connectivity index (χ2v) is 15.0. The van der Waals surface area contributed by atoms with Gasteiger partial charge >= 0.3 is 5.97 Å². The Balaban J connectivity index is 1.67. The van der Waals surface area contributed by atoms with Crippen LogP contribution in [0.4, 0.5) is 11.4 Å². The molecule has 0 atom stereocenters. The van der Waals surface area contributed by atoms with E-state index in [-0.39, 0.29) is 16.2 Å². The first-order valence-corrected chi connectivity index (χ1v) is 17.8. The number of hydrogen-bond acceptors (Lipinski definition) is 7. The third-order valence-corrected chi connectivity index (χ3v) is 10.6. The number of fused-ring (bicyclic) bond motifs is 2. The zero-order valence-electron chi connectivity index (χ0n) is 28.9. The van der Waals surface area contributed by atoms with Gasteiger partial charge in [0.1, 0.15) is 7.05 Å². The highest BCUT2D eigenvalue weighted by molar-refractivity contribution is 7.85. The maximum atomic E-state index is 12.3. The quantitative estimate of drug-likeness (QED) is 0.0422. The highest BCUT2D eigenvalue weighted by Crippen LogP contribution is 2.49. The van der Waals surface area contributed by atoms with E-state index in [2.05, 4.69) is 66.1 Å². The molecule has 2 aliphatic heterocycles. The molecule has 0 unspecified atom stereocenters. The van der Waals surface area contributed by atoms with Crippen LogP contribution in [-0.2, 0) is 30.5 Å². The van der Waals surface area contributed by atoms with Gasteiger partial charge in [0.2, 0.25) is 11.6 Å². The summed E-state index contributed by atoms with van der Waals surface area (Å²) >= 11 is 0. The van der Waals surface area contributed by atoms with Crippen LogP contribution in [-0.4, -0.2) is 55.8 Å². The number of rotatable bonds is 11. The number of nitrogens with two attached hydrogens (primary N) is 1. The largest absolute Gasteiger partial charge is 0.465 e. The number of allylic oxidation sites excluding steroid dienone is 4. The molecule has 3 aromatic carbocycles. The molecule has 0 saturated heterocycles. The second-order valence-electron chi connectivity index (χ2n) is 13.6. The van der Waals surface area contributed by atoms with Crippen molar-refractivity contribution in [2.75, 3.05) is 25.6 Å². The number of methoxy groups -OCH3 is 1. The molecule has 0 spiro atoms. The highest BCUT2D eigenvalue weighted by Gasteiger charge is 2.44. The zero-order chi connectivity index (χ0) is 35.7. The molecule has 10 nitrogen and oxygen atoms in total. The molecule has 5 rings (SSSR count). The van der Waals surface area contributed by atoms with Gasteiger partial charge in [0, 0.05) is 47.5 Å². The molecule has 0 bridgehead atoms. The van der Waals surface area contributed by atoms with Gasteiger partial charge in [-0.1, -0.05) is 50.6 Å². The van der Waals surface area contributed by atoms with E-state index in [9.17, 15) is 22.6 Å². The first-order chi connectivity index (χ1) is 23.1. The van der Waals surface area contributed by atoms with Gasteiger partial charge in [-0.25, -0.2) is 10.6 Å². The summed E-state index contributed by atoms with van der Waals surface area (Å²) in [5.74, 6) is 4.62. The number of nitrogens with one attached hydrogen (secondary N) is 1. The Labute approximate surface area is 288 Å². The van der Waals surface area contributed by atoms with Crippen LogP contribution >= 0.6 is 0 Å². The number of amides is 1. The number of nitrogens with zero attached hydrogens (tertiary/aromatic N) is 2. The van der Waals surface area contributed by atoms with E-state index in [0.29, 0.717) is 24.9 Å². The normalized spacial score (nSPS) is 17.3. The fourth-order valence-corrected chi connectivity index (χ4v) is 7.51. The van der Waals surface area contributed by atoms with Crippen molar-refractivity contribution in [1.29, 1.82) is 0 Å². The van der Waals surface area contributed by atoms with Crippen molar-refractivity contribution in [3.05, 3.63) is 107 Å². The molecule has 2 aliphatic rings. The Bertz CT molecular complexity index is 1990. The Morgan fingerprint density at radius 2 is 1.61 bits per heavy atom. The van der Waals surface area contributed by atoms with Crippen LogP contribution in [0.1, 0.15) is 80.4 Å². The van der Waals surface area contributed by atoms with E-state index < -0.39 is 21.5 Å². The smallest absolute Gasteiger partial charge is 0.337 e. The van der Waals surface area contributed by atoms with Crippen molar-refractivity contribution >= 4 is 44.7 Å². The maximum Gasteiger partial charge on any atom is 0.337 e. The molecule has 3 aromatic rings. The third-order valence-electron chi connectivity index (χ3n) is 9.77. The molecule has 11 heteroatoms. The van der Waals surface area contributed by atoms with Crippen LogP contribution in [0, 0.1) is 0 Å². The Hall–Kier alpha value is -4.58. The molecule has 258 valence electrons. The number of unbranched alkanes of at least 4 members (excludes halogenated alkanes) is 2. The number of ether oxygens (including phenoxy) is 1. The summed E-state index contributed by atoms with van der Waals surface area (Å²) in [6, 6.07) is 20.4. The molecule has 0 fully saturated rings. The topological polar surface area (TPSA) is 142 Å². The standard InChI is InChI=1S/C38H44N4O6S/c1-37(2)29-12-9-10-13-31(29)41(5)33(37)22-27(25-15-17-26(18-16-25)36(44)48-6)23-34-38(3,4)30-24-28(49(45,46)47)19-20-32(30)42(34)21-11-7-8-14-35(43)40-39/h9-10,12-13,15-20,22-24,39H,7-8,11,14,21H2,1-6H3,(H2,44,45,46,47)/p+1/b34-23-. The molecule has 49 heavy (non-hydrogen) atoms. The molecule has 0 aromatic heterocycles. The summed E-state index contributed by atoms with van der Waals surface area (Å²) < 4.78 is 41.5. The van der Waals surface area contributed by atoms with Crippen LogP contribution < -0.4 is 16.2 Å². The number of esters is 1. The summed E-state index contributed by atoms with van der Waals surface area (Å²) in [6.45, 7) is 9.11. The Kier molecular flexibility index (Phi) is 10.0. The summed E-state index contributed by atoms with van der Waals surface area (Å²) in [5.41, 5.74) is 9.41. The minimum Gasteiger partial charge on any atom is -0.465 e. The number of hydrogen-bond donors (Lipinski definition) is 3. The van der Waals surface area contributed by atoms with Gasteiger partial charge in [-0.15, -0.1) is 0 Å². The van der Waals surface area contributed by atoms with Gasteiger partial charge in [-0.2, -0.15) is 13.0 Å². The summed E-state index contributed by atoms with van der Waals surface area (Å²) in [7, 11) is -1.01. The van der Waals surface area contributed by atoms with Gasteiger partial charge in [0.15, 0.2) is 5.71 Å². The summed E-state index contributed by atoms with van der Waals surface area (Å²) in [5, 5.41) is 0. The fraction of sp³-hybridized carbons (Fsp3) is 0.342. The maximum absolute atomic E-state index is 12.3. The molecule has 4 N–H and O–H groups in total. The lowest BCUT2D eigenvalue weighted by molar-refractivity contribution is -0.401. The van der Waals surface area contributed by atoms with Crippen molar-refractivity contribution in [3.8, 4) is 0 Å². The minimum absolute atomic E-state index is 0.162. The van der Waals surface area contributed by atoms with Gasteiger partial charge in [0.25, 0.3) is 10.1 Å². The summed E-state index contributed by atoms with van der Waals surface area (Å²) in [6.07, 6.45) is 6.88. The van der Waals surface area contributed by atoms with Gasteiger partial charge in [-0.05, 0) is 79.8 Å². The van der Waals surface area contributed by atoms with E-state index in [1.165, 1.54) is 18.7 Å². The average molecular weight is 686 g/mol. The summed E-state index contributed by atoms with van der Waals surface area (Å²) in [4.78, 5) is 26.0. The number of carbonyl (C=O) groups excluding carboxylic acids is 2. The van der Waals surface area contributed by atoms with Crippen LogP contribution in [0.3, 0.4) is 0 Å². The molecule has 1 amide bonds. The molecule has 0 aliphatic carbocycles. The van der Waals surface area contributed by atoms with Gasteiger partial charge in [-0.3, -0.25) is 14.8 Å². The predicted octanol–water partition coefficient (Wildman–Crippen LogP) is 6.04. The van der Waals surface area contributed by atoms with E-state index in [0.717, 1.165) is 52.3 Å². The molecular weight excluding hydrogens is 641 g/mol. The first-order valence-electron chi connectivity index (χ1n) is 16.3. The van der Waals surface area contributed by atoms with E-state index >= 15 is 0 Å². The Morgan fingerprint density at radius 1 is 0.939 bits per heavy atom. The third kappa shape index (κ3) is 6.96. The minimum atomic E-state index is -4.43. The van der Waals surface area contributed by atoms with Gasteiger partial charge in [0.05, 0.1) is 23.0 Å². The van der Waals surface area contributed by atoms with Gasteiger partial charge < -0.3 is 9.64 Å². The molecule has 2 heterocycles. The number of para-hydroxylation sites is 1. The fourth-order valence-electron chi connectivity index (χ4n) is 7.00. The molecular formula is C38H45N4O6S+. The lowest BCUT2D eigenvalue weighted by Gasteiger charge is -2.28. The van der Waals surface area contributed by atoms with E-state index in [4.69, 9.17) is 10.6 Å². The van der Waals surface area contributed by atoms with E-state index in [1.807, 2.05) is 32.0 Å². The van der Waals surface area contributed by atoms with Crippen molar-refractivity contribution in [3.63, 3.8) is 0 Å². The van der Waals surface area contributed by atoms with Crippen LogP contribution in [0.5, 0.6) is 0 Å². The molecule has 0 saturated carbocycles. The van der Waals surface area contributed by atoms with Crippen LogP contribution in [0.15, 0.2) is 89.5 Å². The monoisotopic (exact) mass is 685 g/mol.